The van der Waals surface area contributed by atoms with Gasteiger partial charge in [0.1, 0.15) is 6.79 Å². The second-order valence-electron chi connectivity index (χ2n) is 5.80. The van der Waals surface area contributed by atoms with Crippen molar-refractivity contribution in [2.75, 3.05) is 20.5 Å². The Bertz CT molecular complexity index is 432. The average Bonchev–Trinajstić information content (AvgIpc) is 2.35. The van der Waals surface area contributed by atoms with Crippen LogP contribution in [0.15, 0.2) is 16.6 Å². The normalized spacial score (nSPS) is 11.7. The quantitative estimate of drug-likeness (QED) is 0.431. The van der Waals surface area contributed by atoms with Gasteiger partial charge < -0.3 is 19.3 Å². The Morgan fingerprint density at radius 1 is 1.20 bits per heavy atom. The average molecular weight is 363 g/mol. The standard InChI is InChI=1S/C14H23BrO4Si/c1-17-14-8-12(15)11(7-13(14)16)9-19-10-18-5-6-20(2,3)4/h7-8,16H,5-6,9-10H2,1-4H3. The zero-order valence-corrected chi connectivity index (χ0v) is 15.1. The van der Waals surface area contributed by atoms with Crippen LogP contribution >= 0.6 is 15.9 Å². The van der Waals surface area contributed by atoms with Gasteiger partial charge >= 0.3 is 0 Å². The Labute approximate surface area is 130 Å². The van der Waals surface area contributed by atoms with E-state index in [9.17, 15) is 5.11 Å². The van der Waals surface area contributed by atoms with Crippen molar-refractivity contribution in [2.24, 2.45) is 0 Å². The molecular formula is C14H23BrO4Si. The molecule has 0 saturated carbocycles. The van der Waals surface area contributed by atoms with Gasteiger partial charge in [-0.3, -0.25) is 0 Å². The van der Waals surface area contributed by atoms with E-state index in [-0.39, 0.29) is 12.5 Å². The fourth-order valence-corrected chi connectivity index (χ4v) is 2.70. The number of aromatic hydroxyl groups is 1. The third-order valence-electron chi connectivity index (χ3n) is 2.77. The molecule has 0 amide bonds. The lowest BCUT2D eigenvalue weighted by Gasteiger charge is -2.15. The highest BCUT2D eigenvalue weighted by atomic mass is 79.9. The van der Waals surface area contributed by atoms with Crippen LogP contribution in [0.2, 0.25) is 25.7 Å². The maximum absolute atomic E-state index is 9.72. The SMILES string of the molecule is COc1cc(Br)c(COCOCC[Si](C)(C)C)cc1O. The molecule has 0 radical (unpaired) electrons. The van der Waals surface area contributed by atoms with Crippen LogP contribution in [0.4, 0.5) is 0 Å². The smallest absolute Gasteiger partial charge is 0.161 e. The van der Waals surface area contributed by atoms with E-state index in [0.717, 1.165) is 22.7 Å². The van der Waals surface area contributed by atoms with Crippen molar-refractivity contribution in [3.63, 3.8) is 0 Å². The first kappa shape index (κ1) is 17.5. The second kappa shape index (κ2) is 8.02. The molecule has 0 atom stereocenters. The molecule has 0 fully saturated rings. The first-order valence-corrected chi connectivity index (χ1v) is 11.0. The first-order chi connectivity index (χ1) is 9.33. The molecule has 114 valence electrons. The maximum atomic E-state index is 9.72. The van der Waals surface area contributed by atoms with Gasteiger partial charge in [0.25, 0.3) is 0 Å². The second-order valence-corrected chi connectivity index (χ2v) is 12.3. The Hall–Kier alpha value is -0.563. The molecule has 1 N–H and O–H groups in total. The van der Waals surface area contributed by atoms with E-state index in [2.05, 4.69) is 35.6 Å². The van der Waals surface area contributed by atoms with Crippen molar-refractivity contribution < 1.29 is 19.3 Å². The summed E-state index contributed by atoms with van der Waals surface area (Å²) in [5.41, 5.74) is 0.858. The molecule has 0 spiro atoms. The summed E-state index contributed by atoms with van der Waals surface area (Å²) in [5.74, 6) is 0.543. The van der Waals surface area contributed by atoms with Gasteiger partial charge in [-0.05, 0) is 23.7 Å². The fraction of sp³-hybridized carbons (Fsp3) is 0.571. The summed E-state index contributed by atoms with van der Waals surface area (Å²) in [6.07, 6.45) is 0. The number of benzene rings is 1. The number of phenols is 1. The molecule has 6 heteroatoms. The maximum Gasteiger partial charge on any atom is 0.161 e. The lowest BCUT2D eigenvalue weighted by molar-refractivity contribution is -0.0575. The van der Waals surface area contributed by atoms with Crippen molar-refractivity contribution in [3.05, 3.63) is 22.2 Å². The number of hydrogen-bond acceptors (Lipinski definition) is 4. The molecular weight excluding hydrogens is 340 g/mol. The summed E-state index contributed by atoms with van der Waals surface area (Å²) in [6.45, 7) is 8.33. The van der Waals surface area contributed by atoms with Gasteiger partial charge in [0, 0.05) is 19.2 Å². The van der Waals surface area contributed by atoms with E-state index in [1.54, 1.807) is 12.1 Å². The van der Waals surface area contributed by atoms with Crippen molar-refractivity contribution in [3.8, 4) is 11.5 Å². The van der Waals surface area contributed by atoms with E-state index in [4.69, 9.17) is 14.2 Å². The molecule has 0 bridgehead atoms. The molecule has 1 aromatic rings. The number of halogens is 1. The zero-order chi connectivity index (χ0) is 15.2. The number of hydrogen-bond donors (Lipinski definition) is 1. The number of methoxy groups -OCH3 is 1. The molecule has 4 nitrogen and oxygen atoms in total. The van der Waals surface area contributed by atoms with Gasteiger partial charge in [-0.2, -0.15) is 0 Å². The molecule has 1 rings (SSSR count). The lowest BCUT2D eigenvalue weighted by atomic mass is 10.2. The van der Waals surface area contributed by atoms with Crippen molar-refractivity contribution in [2.45, 2.75) is 32.3 Å². The fourth-order valence-electron chi connectivity index (χ4n) is 1.51. The minimum atomic E-state index is -1.04. The third kappa shape index (κ3) is 6.26. The summed E-state index contributed by atoms with van der Waals surface area (Å²) in [7, 11) is 0.475. The van der Waals surface area contributed by atoms with Crippen molar-refractivity contribution in [1.82, 2.24) is 0 Å². The Kier molecular flexibility index (Phi) is 7.01. The summed E-state index contributed by atoms with van der Waals surface area (Å²) in [5, 5.41) is 9.72. The minimum Gasteiger partial charge on any atom is -0.504 e. The molecule has 0 unspecified atom stereocenters. The van der Waals surface area contributed by atoms with Gasteiger partial charge in [0.15, 0.2) is 11.5 Å². The molecule has 20 heavy (non-hydrogen) atoms. The monoisotopic (exact) mass is 362 g/mol. The highest BCUT2D eigenvalue weighted by Gasteiger charge is 2.12. The van der Waals surface area contributed by atoms with Crippen LogP contribution in [0.5, 0.6) is 11.5 Å². The number of rotatable bonds is 8. The van der Waals surface area contributed by atoms with E-state index in [1.807, 2.05) is 0 Å². The van der Waals surface area contributed by atoms with Crippen LogP contribution in [-0.4, -0.2) is 33.7 Å². The number of ether oxygens (including phenoxy) is 3. The van der Waals surface area contributed by atoms with Crippen molar-refractivity contribution >= 4 is 24.0 Å². The molecule has 0 aliphatic rings. The van der Waals surface area contributed by atoms with Crippen molar-refractivity contribution in [1.29, 1.82) is 0 Å². The third-order valence-corrected chi connectivity index (χ3v) is 5.21. The van der Waals surface area contributed by atoms with E-state index in [0.29, 0.717) is 12.4 Å². The molecule has 0 aliphatic carbocycles. The predicted molar refractivity (Wildman–Crippen MR) is 86.1 cm³/mol. The van der Waals surface area contributed by atoms with Crippen LogP contribution in [0.25, 0.3) is 0 Å². The summed E-state index contributed by atoms with van der Waals surface area (Å²) < 4.78 is 16.8. The lowest BCUT2D eigenvalue weighted by Crippen LogP contribution is -2.22. The van der Waals surface area contributed by atoms with Gasteiger partial charge in [0.2, 0.25) is 0 Å². The molecule has 1 aromatic carbocycles. The van der Waals surface area contributed by atoms with Crippen LogP contribution < -0.4 is 4.74 Å². The van der Waals surface area contributed by atoms with E-state index >= 15 is 0 Å². The number of phenolic OH excluding ortho intramolecular Hbond substituents is 1. The van der Waals surface area contributed by atoms with Crippen LogP contribution in [0.3, 0.4) is 0 Å². The van der Waals surface area contributed by atoms with Gasteiger partial charge in [-0.1, -0.05) is 35.6 Å². The largest absolute Gasteiger partial charge is 0.504 e. The predicted octanol–water partition coefficient (Wildman–Crippen LogP) is 3.99. The van der Waals surface area contributed by atoms with Crippen LogP contribution in [-0.2, 0) is 16.1 Å². The van der Waals surface area contributed by atoms with Gasteiger partial charge in [-0.25, -0.2) is 0 Å². The highest BCUT2D eigenvalue weighted by Crippen LogP contribution is 2.32. The highest BCUT2D eigenvalue weighted by molar-refractivity contribution is 9.10. The topological polar surface area (TPSA) is 47.9 Å². The van der Waals surface area contributed by atoms with E-state index in [1.165, 1.54) is 7.11 Å². The summed E-state index contributed by atoms with van der Waals surface area (Å²) in [6, 6.07) is 4.48. The minimum absolute atomic E-state index is 0.106. The molecule has 0 aromatic heterocycles. The Balaban J connectivity index is 2.34. The van der Waals surface area contributed by atoms with Gasteiger partial charge in [0.05, 0.1) is 13.7 Å². The van der Waals surface area contributed by atoms with Crippen LogP contribution in [0.1, 0.15) is 5.56 Å². The summed E-state index contributed by atoms with van der Waals surface area (Å²) in [4.78, 5) is 0. The Morgan fingerprint density at radius 3 is 2.50 bits per heavy atom. The Morgan fingerprint density at radius 2 is 1.90 bits per heavy atom. The van der Waals surface area contributed by atoms with E-state index < -0.39 is 8.07 Å². The molecule has 0 saturated heterocycles. The van der Waals surface area contributed by atoms with Crippen LogP contribution in [0, 0.1) is 0 Å². The summed E-state index contributed by atoms with van der Waals surface area (Å²) >= 11 is 3.42. The zero-order valence-electron chi connectivity index (χ0n) is 12.5. The first-order valence-electron chi connectivity index (χ1n) is 6.54. The molecule has 0 heterocycles. The van der Waals surface area contributed by atoms with Gasteiger partial charge in [-0.15, -0.1) is 0 Å². The molecule has 0 aliphatic heterocycles.